The summed E-state index contributed by atoms with van der Waals surface area (Å²) >= 11 is 1.69. The summed E-state index contributed by atoms with van der Waals surface area (Å²) in [5, 5.41) is 25.1. The lowest BCUT2D eigenvalue weighted by atomic mass is 10.2. The molecular weight excluding hydrogens is 410 g/mol. The van der Waals surface area contributed by atoms with Crippen LogP contribution in [0.15, 0.2) is 34.5 Å². The van der Waals surface area contributed by atoms with E-state index in [-0.39, 0.29) is 0 Å². The van der Waals surface area contributed by atoms with Gasteiger partial charge in [0.05, 0.1) is 0 Å². The number of aliphatic imine (C=N–C) groups is 1. The first-order chi connectivity index (χ1) is 15.3. The maximum Gasteiger partial charge on any atom is 0.191 e. The van der Waals surface area contributed by atoms with Gasteiger partial charge in [0.25, 0.3) is 0 Å². The van der Waals surface area contributed by atoms with Gasteiger partial charge in [0.1, 0.15) is 12.4 Å². The lowest BCUT2D eigenvalue weighted by molar-refractivity contribution is 0.460. The summed E-state index contributed by atoms with van der Waals surface area (Å²) in [6.45, 7) is 4.16. The van der Waals surface area contributed by atoms with Crippen molar-refractivity contribution in [1.29, 1.82) is 0 Å². The Morgan fingerprint density at radius 3 is 2.77 bits per heavy atom. The second-order valence-electron chi connectivity index (χ2n) is 7.68. The predicted octanol–water partition coefficient (Wildman–Crippen LogP) is 2.85. The van der Waals surface area contributed by atoms with Gasteiger partial charge in [-0.25, -0.2) is 4.99 Å². The molecule has 31 heavy (non-hydrogen) atoms. The van der Waals surface area contributed by atoms with Crippen molar-refractivity contribution < 1.29 is 0 Å². The van der Waals surface area contributed by atoms with Crippen LogP contribution in [0.25, 0.3) is 5.65 Å². The smallest absolute Gasteiger partial charge is 0.191 e. The Balaban J connectivity index is 1.33. The summed E-state index contributed by atoms with van der Waals surface area (Å²) in [7, 11) is 0. The van der Waals surface area contributed by atoms with Gasteiger partial charge in [-0.1, -0.05) is 30.7 Å². The molecule has 0 unspecified atom stereocenters. The molecule has 9 nitrogen and oxygen atoms in total. The number of thioether (sulfide) groups is 1. The second kappa shape index (κ2) is 10.6. The Morgan fingerprint density at radius 1 is 1.13 bits per heavy atom. The molecule has 0 atom stereocenters. The van der Waals surface area contributed by atoms with Gasteiger partial charge in [0.15, 0.2) is 22.6 Å². The van der Waals surface area contributed by atoms with E-state index in [1.54, 1.807) is 11.8 Å². The van der Waals surface area contributed by atoms with Crippen LogP contribution in [0, 0.1) is 0 Å². The average Bonchev–Trinajstić information content (AvgIpc) is 3.54. The van der Waals surface area contributed by atoms with Crippen molar-refractivity contribution in [1.82, 2.24) is 40.0 Å². The first-order valence-corrected chi connectivity index (χ1v) is 12.3. The number of guanidine groups is 1. The lowest BCUT2D eigenvalue weighted by Crippen LogP contribution is -2.38. The number of rotatable bonds is 9. The number of aromatic nitrogens is 6. The van der Waals surface area contributed by atoms with E-state index in [2.05, 4.69) is 53.8 Å². The van der Waals surface area contributed by atoms with Gasteiger partial charge in [-0.05, 0) is 44.6 Å². The number of fused-ring (bicyclic) bond motifs is 1. The zero-order valence-electron chi connectivity index (χ0n) is 18.3. The van der Waals surface area contributed by atoms with Crippen LogP contribution in [0.2, 0.25) is 0 Å². The molecule has 166 valence electrons. The number of hydrogen-bond donors (Lipinski definition) is 2. The predicted molar refractivity (Wildman–Crippen MR) is 123 cm³/mol. The van der Waals surface area contributed by atoms with E-state index in [0.717, 1.165) is 54.3 Å². The van der Waals surface area contributed by atoms with Crippen molar-refractivity contribution >= 4 is 23.4 Å². The van der Waals surface area contributed by atoms with E-state index in [0.29, 0.717) is 12.6 Å². The van der Waals surface area contributed by atoms with Crippen molar-refractivity contribution in [3.63, 3.8) is 0 Å². The molecule has 0 spiro atoms. The third-order valence-electron chi connectivity index (χ3n) is 5.58. The summed E-state index contributed by atoms with van der Waals surface area (Å²) in [4.78, 5) is 4.68. The minimum Gasteiger partial charge on any atom is -0.357 e. The highest BCUT2D eigenvalue weighted by molar-refractivity contribution is 7.98. The number of nitrogens with zero attached hydrogens (tertiary/aromatic N) is 7. The molecule has 1 fully saturated rings. The van der Waals surface area contributed by atoms with Gasteiger partial charge in [0.2, 0.25) is 0 Å². The van der Waals surface area contributed by atoms with Crippen LogP contribution in [0.4, 0.5) is 0 Å². The third kappa shape index (κ3) is 5.17. The largest absolute Gasteiger partial charge is 0.357 e. The Bertz CT molecular complexity index is 1000. The van der Waals surface area contributed by atoms with Gasteiger partial charge >= 0.3 is 0 Å². The van der Waals surface area contributed by atoms with E-state index >= 15 is 0 Å². The van der Waals surface area contributed by atoms with E-state index in [1.165, 1.54) is 25.7 Å². The zero-order chi connectivity index (χ0) is 21.5. The van der Waals surface area contributed by atoms with Crippen molar-refractivity contribution in [3.05, 3.63) is 36.0 Å². The maximum absolute atomic E-state index is 4.68. The van der Waals surface area contributed by atoms with Gasteiger partial charge < -0.3 is 15.2 Å². The van der Waals surface area contributed by atoms with Crippen LogP contribution in [0.3, 0.4) is 0 Å². The van der Waals surface area contributed by atoms with E-state index in [4.69, 9.17) is 0 Å². The summed E-state index contributed by atoms with van der Waals surface area (Å²) in [5.74, 6) is 2.72. The molecule has 4 rings (SSSR count). The van der Waals surface area contributed by atoms with Crippen LogP contribution < -0.4 is 10.6 Å². The quantitative estimate of drug-likeness (QED) is 0.228. The molecule has 0 aromatic carbocycles. The standard InChI is InChI=1S/C21H31N9S/c1-3-22-20(24-15-19-27-25-17-11-6-7-14-29(17)19)23-13-8-12-18-26-28-21(31-2)30(18)16-9-4-5-10-16/h6-7,11,14,16H,3-5,8-10,12-13,15H2,1-2H3,(H2,22,23,24). The molecule has 1 saturated carbocycles. The molecule has 1 aliphatic rings. The fourth-order valence-electron chi connectivity index (χ4n) is 4.09. The molecule has 2 N–H and O–H groups in total. The van der Waals surface area contributed by atoms with Crippen LogP contribution in [0.5, 0.6) is 0 Å². The molecule has 3 aromatic rings. The molecular formula is C21H31N9S. The Hall–Kier alpha value is -2.62. The normalized spacial score (nSPS) is 15.1. The van der Waals surface area contributed by atoms with E-state index in [9.17, 15) is 0 Å². The fourth-order valence-corrected chi connectivity index (χ4v) is 4.66. The first-order valence-electron chi connectivity index (χ1n) is 11.1. The maximum atomic E-state index is 4.68. The lowest BCUT2D eigenvalue weighted by Gasteiger charge is -2.16. The fraction of sp³-hybridized carbons (Fsp3) is 0.571. The molecule has 3 aromatic heterocycles. The van der Waals surface area contributed by atoms with Gasteiger partial charge in [-0.15, -0.1) is 20.4 Å². The topological polar surface area (TPSA) is 97.3 Å². The zero-order valence-corrected chi connectivity index (χ0v) is 19.1. The minimum absolute atomic E-state index is 0.466. The molecule has 0 amide bonds. The molecule has 1 aliphatic carbocycles. The van der Waals surface area contributed by atoms with Gasteiger partial charge in [-0.3, -0.25) is 4.40 Å². The second-order valence-corrected chi connectivity index (χ2v) is 8.46. The molecule has 0 bridgehead atoms. The monoisotopic (exact) mass is 441 g/mol. The molecule has 0 aliphatic heterocycles. The summed E-state index contributed by atoms with van der Waals surface area (Å²) in [5.41, 5.74) is 0.835. The number of hydrogen-bond acceptors (Lipinski definition) is 6. The summed E-state index contributed by atoms with van der Waals surface area (Å²) in [6.07, 6.45) is 11.0. The Labute approximate surface area is 187 Å². The Morgan fingerprint density at radius 2 is 1.97 bits per heavy atom. The van der Waals surface area contributed by atoms with Crippen molar-refractivity contribution in [2.24, 2.45) is 4.99 Å². The minimum atomic E-state index is 0.466. The van der Waals surface area contributed by atoms with E-state index in [1.807, 2.05) is 28.8 Å². The number of nitrogens with one attached hydrogen (secondary N) is 2. The van der Waals surface area contributed by atoms with Crippen molar-refractivity contribution in [2.45, 2.75) is 63.2 Å². The average molecular weight is 442 g/mol. The van der Waals surface area contributed by atoms with Gasteiger partial charge in [0, 0.05) is 31.7 Å². The highest BCUT2D eigenvalue weighted by Crippen LogP contribution is 2.33. The number of pyridine rings is 1. The van der Waals surface area contributed by atoms with Crippen molar-refractivity contribution in [3.8, 4) is 0 Å². The third-order valence-corrected chi connectivity index (χ3v) is 6.23. The van der Waals surface area contributed by atoms with Crippen LogP contribution >= 0.6 is 11.8 Å². The first kappa shape index (κ1) is 21.6. The highest BCUT2D eigenvalue weighted by Gasteiger charge is 2.23. The Kier molecular flexibility index (Phi) is 7.39. The van der Waals surface area contributed by atoms with Crippen LogP contribution in [0.1, 0.15) is 56.7 Å². The molecule has 3 heterocycles. The summed E-state index contributed by atoms with van der Waals surface area (Å²) < 4.78 is 4.35. The molecule has 0 saturated heterocycles. The molecule has 10 heteroatoms. The summed E-state index contributed by atoms with van der Waals surface area (Å²) in [6, 6.07) is 6.44. The van der Waals surface area contributed by atoms with Gasteiger partial charge in [-0.2, -0.15) is 0 Å². The molecule has 0 radical (unpaired) electrons. The SMILES string of the molecule is CCNC(=NCc1nnc2ccccn12)NCCCc1nnc(SC)n1C1CCCC1. The van der Waals surface area contributed by atoms with E-state index < -0.39 is 0 Å². The van der Waals surface area contributed by atoms with Crippen LogP contribution in [-0.2, 0) is 13.0 Å². The number of aryl methyl sites for hydroxylation is 1. The highest BCUT2D eigenvalue weighted by atomic mass is 32.2. The van der Waals surface area contributed by atoms with Crippen LogP contribution in [-0.4, -0.2) is 54.7 Å². The van der Waals surface area contributed by atoms with Crippen molar-refractivity contribution in [2.75, 3.05) is 19.3 Å².